The van der Waals surface area contributed by atoms with Crippen molar-refractivity contribution >= 4 is 0 Å². The first-order valence-electron chi connectivity index (χ1n) is 10.3. The third kappa shape index (κ3) is 4.68. The minimum absolute atomic E-state index is 0.0581. The van der Waals surface area contributed by atoms with Crippen molar-refractivity contribution in [3.05, 3.63) is 36.0 Å². The van der Waals surface area contributed by atoms with Crippen LogP contribution in [0.4, 0.5) is 0 Å². The standard InChI is InChI=1S/C23H36O6/c1-14-13-17(24)19-23(4,29-19)12-10-15-16(9-8-11-22(2,3)27-7)20(25-5)28-21(26-6)18(14)15/h8-9,11,15,17-21,24H,1,10,12-13H2,2-7H3/b11-8+,16-9-/t15-,17-,18+,19-,20+,21+,23+/m1/s1. The van der Waals surface area contributed by atoms with Gasteiger partial charge in [0.2, 0.25) is 0 Å². The van der Waals surface area contributed by atoms with Crippen LogP contribution in [0, 0.1) is 11.8 Å². The van der Waals surface area contributed by atoms with Gasteiger partial charge in [0.1, 0.15) is 6.10 Å². The third-order valence-corrected chi connectivity index (χ3v) is 6.63. The average molecular weight is 409 g/mol. The topological polar surface area (TPSA) is 69.7 Å². The summed E-state index contributed by atoms with van der Waals surface area (Å²) in [5.74, 6) is 0.0608. The van der Waals surface area contributed by atoms with Crippen LogP contribution in [0.5, 0.6) is 0 Å². The van der Waals surface area contributed by atoms with E-state index in [0.717, 1.165) is 24.0 Å². The van der Waals surface area contributed by atoms with Gasteiger partial charge in [0.25, 0.3) is 0 Å². The molecule has 6 heteroatoms. The molecule has 6 nitrogen and oxygen atoms in total. The zero-order valence-electron chi connectivity index (χ0n) is 18.5. The first-order valence-corrected chi connectivity index (χ1v) is 10.3. The molecule has 2 aliphatic heterocycles. The lowest BCUT2D eigenvalue weighted by Gasteiger charge is -2.43. The van der Waals surface area contributed by atoms with Gasteiger partial charge in [-0.2, -0.15) is 0 Å². The van der Waals surface area contributed by atoms with Gasteiger partial charge in [-0.15, -0.1) is 0 Å². The summed E-state index contributed by atoms with van der Waals surface area (Å²) in [6.45, 7) is 10.4. The minimum Gasteiger partial charge on any atom is -0.390 e. The van der Waals surface area contributed by atoms with Crippen molar-refractivity contribution < 1.29 is 28.8 Å². The highest BCUT2D eigenvalue weighted by Crippen LogP contribution is 2.51. The summed E-state index contributed by atoms with van der Waals surface area (Å²) in [5.41, 5.74) is 1.33. The Hall–Kier alpha value is -1.02. The van der Waals surface area contributed by atoms with Gasteiger partial charge in [-0.3, -0.25) is 0 Å². The molecule has 2 saturated heterocycles. The molecule has 0 aromatic rings. The van der Waals surface area contributed by atoms with Crippen LogP contribution in [0.2, 0.25) is 0 Å². The SMILES string of the molecule is C=C1C[C@@H](O)[C@H]2O[C@@]2(C)CC[C@@H]2/C(=C/C=C/C(C)(C)OC)[C@@H](OC)O[C@H](OC)[C@@H]12. The molecule has 1 saturated carbocycles. The lowest BCUT2D eigenvalue weighted by molar-refractivity contribution is -0.257. The fourth-order valence-electron chi connectivity index (χ4n) is 4.63. The monoisotopic (exact) mass is 408 g/mol. The number of allylic oxidation sites excluding steroid dienone is 2. The van der Waals surface area contributed by atoms with Gasteiger partial charge in [-0.25, -0.2) is 0 Å². The second-order valence-corrected chi connectivity index (χ2v) is 9.09. The summed E-state index contributed by atoms with van der Waals surface area (Å²) < 4.78 is 28.8. The number of hydrogen-bond donors (Lipinski definition) is 1. The number of rotatable bonds is 5. The second-order valence-electron chi connectivity index (χ2n) is 9.09. The smallest absolute Gasteiger partial charge is 0.183 e. The number of aliphatic hydroxyl groups excluding tert-OH is 1. The van der Waals surface area contributed by atoms with Gasteiger partial charge in [0, 0.05) is 27.2 Å². The normalized spacial score (nSPS) is 42.2. The van der Waals surface area contributed by atoms with E-state index in [1.54, 1.807) is 21.3 Å². The number of methoxy groups -OCH3 is 3. The Morgan fingerprint density at radius 2 is 1.97 bits per heavy atom. The molecule has 164 valence electrons. The molecule has 0 amide bonds. The van der Waals surface area contributed by atoms with Crippen molar-refractivity contribution in [1.82, 2.24) is 0 Å². The van der Waals surface area contributed by atoms with Crippen molar-refractivity contribution in [3.8, 4) is 0 Å². The summed E-state index contributed by atoms with van der Waals surface area (Å²) in [7, 11) is 4.98. The molecule has 1 aliphatic carbocycles. The Labute approximate surface area is 174 Å². The largest absolute Gasteiger partial charge is 0.390 e. The molecule has 0 radical (unpaired) electrons. The highest BCUT2D eigenvalue weighted by molar-refractivity contribution is 5.27. The number of aliphatic hydroxyl groups is 1. The predicted molar refractivity (Wildman–Crippen MR) is 110 cm³/mol. The van der Waals surface area contributed by atoms with E-state index < -0.39 is 18.7 Å². The Kier molecular flexibility index (Phi) is 6.73. The zero-order chi connectivity index (χ0) is 21.4. The molecule has 2 heterocycles. The molecule has 1 N–H and O–H groups in total. The molecular formula is C23H36O6. The Morgan fingerprint density at radius 1 is 1.24 bits per heavy atom. The van der Waals surface area contributed by atoms with E-state index in [1.165, 1.54) is 0 Å². The number of hydrogen-bond acceptors (Lipinski definition) is 6. The highest BCUT2D eigenvalue weighted by Gasteiger charge is 2.58. The number of fused-ring (bicyclic) bond motifs is 2. The molecule has 0 spiro atoms. The van der Waals surface area contributed by atoms with Gasteiger partial charge in [0.15, 0.2) is 12.6 Å². The fourth-order valence-corrected chi connectivity index (χ4v) is 4.63. The van der Waals surface area contributed by atoms with E-state index in [0.29, 0.717) is 6.42 Å². The average Bonchev–Trinajstić information content (AvgIpc) is 3.36. The van der Waals surface area contributed by atoms with E-state index in [4.69, 9.17) is 23.7 Å². The van der Waals surface area contributed by atoms with E-state index in [1.807, 2.05) is 26.0 Å². The third-order valence-electron chi connectivity index (χ3n) is 6.63. The molecule has 0 bridgehead atoms. The van der Waals surface area contributed by atoms with E-state index in [2.05, 4.69) is 19.6 Å². The van der Waals surface area contributed by atoms with E-state index in [-0.39, 0.29) is 29.1 Å². The molecule has 7 atom stereocenters. The zero-order valence-corrected chi connectivity index (χ0v) is 18.5. The van der Waals surface area contributed by atoms with Crippen LogP contribution >= 0.6 is 0 Å². The van der Waals surface area contributed by atoms with Crippen molar-refractivity contribution in [2.45, 2.75) is 76.0 Å². The first kappa shape index (κ1) is 22.7. The number of epoxide rings is 1. The molecule has 0 unspecified atom stereocenters. The van der Waals surface area contributed by atoms with Crippen molar-refractivity contribution in [2.24, 2.45) is 11.8 Å². The lowest BCUT2D eigenvalue weighted by atomic mass is 9.74. The van der Waals surface area contributed by atoms with Crippen LogP contribution in [0.15, 0.2) is 36.0 Å². The maximum absolute atomic E-state index is 10.6. The maximum Gasteiger partial charge on any atom is 0.183 e. The van der Waals surface area contributed by atoms with E-state index >= 15 is 0 Å². The van der Waals surface area contributed by atoms with Gasteiger partial charge >= 0.3 is 0 Å². The maximum atomic E-state index is 10.6. The molecule has 0 aromatic heterocycles. The van der Waals surface area contributed by atoms with Crippen LogP contribution in [-0.4, -0.2) is 62.4 Å². The molecule has 0 aromatic carbocycles. The quantitative estimate of drug-likeness (QED) is 0.556. The summed E-state index contributed by atoms with van der Waals surface area (Å²) in [6.07, 6.45) is 6.62. The van der Waals surface area contributed by atoms with E-state index in [9.17, 15) is 5.11 Å². The van der Waals surface area contributed by atoms with Crippen LogP contribution in [0.3, 0.4) is 0 Å². The lowest BCUT2D eigenvalue weighted by Crippen LogP contribution is -2.45. The molecule has 3 fully saturated rings. The minimum atomic E-state index is -0.557. The molecular weight excluding hydrogens is 372 g/mol. The molecule has 3 rings (SSSR count). The summed E-state index contributed by atoms with van der Waals surface area (Å²) in [6, 6.07) is 0. The number of ether oxygens (including phenoxy) is 5. The van der Waals surface area contributed by atoms with Crippen molar-refractivity contribution in [1.29, 1.82) is 0 Å². The Balaban J connectivity index is 1.96. The predicted octanol–water partition coefficient (Wildman–Crippen LogP) is 3.36. The molecule has 29 heavy (non-hydrogen) atoms. The van der Waals surface area contributed by atoms with Gasteiger partial charge in [-0.05, 0) is 51.5 Å². The van der Waals surface area contributed by atoms with Crippen molar-refractivity contribution in [2.75, 3.05) is 21.3 Å². The summed E-state index contributed by atoms with van der Waals surface area (Å²) >= 11 is 0. The Morgan fingerprint density at radius 3 is 2.59 bits per heavy atom. The van der Waals surface area contributed by atoms with Crippen LogP contribution in [0.25, 0.3) is 0 Å². The highest BCUT2D eigenvalue weighted by atomic mass is 16.8. The van der Waals surface area contributed by atoms with Gasteiger partial charge in [-0.1, -0.05) is 30.4 Å². The first-order chi connectivity index (χ1) is 13.7. The summed E-state index contributed by atoms with van der Waals surface area (Å²) in [5, 5.41) is 10.6. The van der Waals surface area contributed by atoms with Crippen molar-refractivity contribution in [3.63, 3.8) is 0 Å². The fraction of sp³-hybridized carbons (Fsp3) is 0.739. The summed E-state index contributed by atoms with van der Waals surface area (Å²) in [4.78, 5) is 0. The second kappa shape index (κ2) is 8.61. The Bertz CT molecular complexity index is 668. The van der Waals surface area contributed by atoms with Crippen LogP contribution < -0.4 is 0 Å². The van der Waals surface area contributed by atoms with Crippen LogP contribution in [-0.2, 0) is 23.7 Å². The van der Waals surface area contributed by atoms with Gasteiger partial charge < -0.3 is 28.8 Å². The van der Waals surface area contributed by atoms with Gasteiger partial charge in [0.05, 0.1) is 17.3 Å². The van der Waals surface area contributed by atoms with Crippen LogP contribution in [0.1, 0.15) is 40.0 Å². The molecule has 3 aliphatic rings.